The van der Waals surface area contributed by atoms with Gasteiger partial charge in [-0.15, -0.1) is 0 Å². The molecule has 3 rings (SSSR count). The van der Waals surface area contributed by atoms with Crippen molar-refractivity contribution in [2.75, 3.05) is 24.3 Å². The van der Waals surface area contributed by atoms with Crippen molar-refractivity contribution in [1.29, 1.82) is 0 Å². The highest BCUT2D eigenvalue weighted by Crippen LogP contribution is 2.24. The second-order valence-electron chi connectivity index (χ2n) is 5.92. The number of esters is 1. The lowest BCUT2D eigenvalue weighted by atomic mass is 10.1. The highest BCUT2D eigenvalue weighted by Gasteiger charge is 2.12. The lowest BCUT2D eigenvalue weighted by molar-refractivity contribution is -0.114. The molecule has 0 aliphatic carbocycles. The van der Waals surface area contributed by atoms with Gasteiger partial charge >= 0.3 is 5.97 Å². The molecule has 144 valence electrons. The number of benzene rings is 2. The zero-order chi connectivity index (χ0) is 20.1. The number of aromatic nitrogens is 3. The summed E-state index contributed by atoms with van der Waals surface area (Å²) in [4.78, 5) is 28.0. The zero-order valence-electron chi connectivity index (χ0n) is 15.3. The third kappa shape index (κ3) is 4.47. The Morgan fingerprint density at radius 2 is 2.00 bits per heavy atom. The Morgan fingerprint density at radius 3 is 2.71 bits per heavy atom. The van der Waals surface area contributed by atoms with Gasteiger partial charge in [-0.25, -0.2) is 14.5 Å². The fourth-order valence-corrected chi connectivity index (χ4v) is 2.74. The molecule has 2 N–H and O–H groups in total. The summed E-state index contributed by atoms with van der Waals surface area (Å²) in [6.07, 6.45) is 2.93. The van der Waals surface area contributed by atoms with Gasteiger partial charge in [-0.3, -0.25) is 4.79 Å². The van der Waals surface area contributed by atoms with Crippen LogP contribution in [0.3, 0.4) is 0 Å². The number of methoxy groups -OCH3 is 1. The number of carbonyl (C=O) groups excluding carboxylic acids is 2. The fraction of sp³-hybridized carbons (Fsp3) is 0.158. The van der Waals surface area contributed by atoms with Crippen molar-refractivity contribution in [3.8, 4) is 5.69 Å². The molecule has 0 spiro atoms. The number of halogens is 1. The van der Waals surface area contributed by atoms with Gasteiger partial charge in [0.25, 0.3) is 0 Å². The Kier molecular flexibility index (Phi) is 5.90. The first kappa shape index (κ1) is 19.4. The van der Waals surface area contributed by atoms with Crippen LogP contribution in [0, 0.1) is 6.92 Å². The van der Waals surface area contributed by atoms with E-state index >= 15 is 0 Å². The summed E-state index contributed by atoms with van der Waals surface area (Å²) in [7, 11) is 1.32. The van der Waals surface area contributed by atoms with E-state index in [0.29, 0.717) is 27.6 Å². The van der Waals surface area contributed by atoms with Gasteiger partial charge in [-0.1, -0.05) is 17.7 Å². The van der Waals surface area contributed by atoms with E-state index in [1.54, 1.807) is 36.4 Å². The van der Waals surface area contributed by atoms with Gasteiger partial charge in [-0.05, 0) is 42.8 Å². The number of carbonyl (C=O) groups is 2. The van der Waals surface area contributed by atoms with Crippen LogP contribution in [-0.4, -0.2) is 40.3 Å². The molecule has 0 fully saturated rings. The van der Waals surface area contributed by atoms with E-state index in [9.17, 15) is 9.59 Å². The molecule has 0 bridgehead atoms. The molecule has 1 heterocycles. The monoisotopic (exact) mass is 399 g/mol. The highest BCUT2D eigenvalue weighted by atomic mass is 35.5. The highest BCUT2D eigenvalue weighted by molar-refractivity contribution is 6.31. The minimum Gasteiger partial charge on any atom is -0.465 e. The Balaban J connectivity index is 1.72. The topological polar surface area (TPSA) is 98.1 Å². The van der Waals surface area contributed by atoms with Gasteiger partial charge in [0, 0.05) is 10.7 Å². The first-order valence-corrected chi connectivity index (χ1v) is 8.73. The quantitative estimate of drug-likeness (QED) is 0.618. The molecule has 0 atom stereocenters. The van der Waals surface area contributed by atoms with Crippen LogP contribution in [0.2, 0.25) is 5.02 Å². The molecule has 3 aromatic rings. The molecule has 0 saturated carbocycles. The standard InChI is InChI=1S/C19H18ClN5O3/c1-12-3-4-13(19(27)28-2)7-15(12)22-9-18(26)24-16-8-14(20)5-6-17(16)25-11-21-10-23-25/h3-8,10-11,22H,9H2,1-2H3,(H,24,26). The number of ether oxygens (including phenoxy) is 1. The predicted octanol–water partition coefficient (Wildman–Crippen LogP) is 3.07. The van der Waals surface area contributed by atoms with Gasteiger partial charge in [0.1, 0.15) is 12.7 Å². The second kappa shape index (κ2) is 8.53. The molecule has 8 nitrogen and oxygen atoms in total. The molecule has 1 amide bonds. The average molecular weight is 400 g/mol. The fourth-order valence-electron chi connectivity index (χ4n) is 2.57. The molecule has 0 radical (unpaired) electrons. The third-order valence-electron chi connectivity index (χ3n) is 4.00. The molecule has 2 aromatic carbocycles. The summed E-state index contributed by atoms with van der Waals surface area (Å²) in [6, 6.07) is 10.2. The van der Waals surface area contributed by atoms with Gasteiger partial charge in [-0.2, -0.15) is 5.10 Å². The summed E-state index contributed by atoms with van der Waals surface area (Å²) < 4.78 is 6.25. The Morgan fingerprint density at radius 1 is 1.18 bits per heavy atom. The van der Waals surface area contributed by atoms with Crippen molar-refractivity contribution in [3.05, 3.63) is 65.2 Å². The lowest BCUT2D eigenvalue weighted by Gasteiger charge is -2.13. The van der Waals surface area contributed by atoms with Crippen LogP contribution >= 0.6 is 11.6 Å². The zero-order valence-corrected chi connectivity index (χ0v) is 16.0. The van der Waals surface area contributed by atoms with E-state index < -0.39 is 5.97 Å². The molecular weight excluding hydrogens is 382 g/mol. The van der Waals surface area contributed by atoms with E-state index in [4.69, 9.17) is 16.3 Å². The first-order chi connectivity index (χ1) is 13.5. The Hall–Kier alpha value is -3.39. The molecule has 0 unspecified atom stereocenters. The van der Waals surface area contributed by atoms with Gasteiger partial charge in [0.2, 0.25) is 5.91 Å². The molecule has 28 heavy (non-hydrogen) atoms. The van der Waals surface area contributed by atoms with Gasteiger partial charge in [0.15, 0.2) is 0 Å². The maximum Gasteiger partial charge on any atom is 0.337 e. The SMILES string of the molecule is COC(=O)c1ccc(C)c(NCC(=O)Nc2cc(Cl)ccc2-n2cncn2)c1. The number of nitrogens with one attached hydrogen (secondary N) is 2. The van der Waals surface area contributed by atoms with Gasteiger partial charge < -0.3 is 15.4 Å². The third-order valence-corrected chi connectivity index (χ3v) is 4.23. The number of hydrogen-bond acceptors (Lipinski definition) is 6. The van der Waals surface area contributed by atoms with Crippen LogP contribution in [0.5, 0.6) is 0 Å². The minimum atomic E-state index is -0.441. The van der Waals surface area contributed by atoms with Crippen LogP contribution in [0.1, 0.15) is 15.9 Å². The first-order valence-electron chi connectivity index (χ1n) is 8.35. The Bertz CT molecular complexity index is 1000. The van der Waals surface area contributed by atoms with E-state index in [1.807, 2.05) is 6.92 Å². The molecule has 0 aliphatic rings. The number of nitrogens with zero attached hydrogens (tertiary/aromatic N) is 3. The summed E-state index contributed by atoms with van der Waals surface area (Å²) in [5.41, 5.74) is 3.11. The number of anilines is 2. The molecule has 0 saturated heterocycles. The summed E-state index contributed by atoms with van der Waals surface area (Å²) >= 11 is 6.06. The van der Waals surface area contributed by atoms with Crippen molar-refractivity contribution >= 4 is 34.9 Å². The van der Waals surface area contributed by atoms with E-state index in [0.717, 1.165) is 5.56 Å². The van der Waals surface area contributed by atoms with Crippen LogP contribution in [-0.2, 0) is 9.53 Å². The normalized spacial score (nSPS) is 10.4. The maximum absolute atomic E-state index is 12.5. The Labute approximate surface area is 166 Å². The van der Waals surface area contributed by atoms with E-state index in [2.05, 4.69) is 20.7 Å². The summed E-state index contributed by atoms with van der Waals surface area (Å²) in [6.45, 7) is 1.87. The van der Waals surface area contributed by atoms with Crippen LogP contribution in [0.4, 0.5) is 11.4 Å². The molecule has 9 heteroatoms. The van der Waals surface area contributed by atoms with Crippen LogP contribution in [0.15, 0.2) is 49.1 Å². The number of aryl methyl sites for hydroxylation is 1. The lowest BCUT2D eigenvalue weighted by Crippen LogP contribution is -2.23. The predicted molar refractivity (Wildman–Crippen MR) is 106 cm³/mol. The van der Waals surface area contributed by atoms with Gasteiger partial charge in [0.05, 0.1) is 30.6 Å². The smallest absolute Gasteiger partial charge is 0.337 e. The molecular formula is C19H18ClN5O3. The minimum absolute atomic E-state index is 0.00518. The number of rotatable bonds is 6. The van der Waals surface area contributed by atoms with E-state index in [-0.39, 0.29) is 12.5 Å². The van der Waals surface area contributed by atoms with Crippen molar-refractivity contribution < 1.29 is 14.3 Å². The van der Waals surface area contributed by atoms with Crippen molar-refractivity contribution in [2.45, 2.75) is 6.92 Å². The largest absolute Gasteiger partial charge is 0.465 e. The van der Waals surface area contributed by atoms with Crippen LogP contribution in [0.25, 0.3) is 5.69 Å². The number of hydrogen-bond donors (Lipinski definition) is 2. The maximum atomic E-state index is 12.5. The molecule has 0 aliphatic heterocycles. The summed E-state index contributed by atoms with van der Waals surface area (Å²) in [5, 5.41) is 10.4. The second-order valence-corrected chi connectivity index (χ2v) is 6.36. The van der Waals surface area contributed by atoms with Crippen LogP contribution < -0.4 is 10.6 Å². The van der Waals surface area contributed by atoms with Crippen molar-refractivity contribution in [1.82, 2.24) is 14.8 Å². The summed E-state index contributed by atoms with van der Waals surface area (Å²) in [5.74, 6) is -0.726. The van der Waals surface area contributed by atoms with Crippen molar-refractivity contribution in [2.24, 2.45) is 0 Å². The van der Waals surface area contributed by atoms with Crippen molar-refractivity contribution in [3.63, 3.8) is 0 Å². The van der Waals surface area contributed by atoms with E-state index in [1.165, 1.54) is 24.4 Å². The number of amides is 1. The average Bonchev–Trinajstić information content (AvgIpc) is 3.21. The molecule has 1 aromatic heterocycles.